The summed E-state index contributed by atoms with van der Waals surface area (Å²) < 4.78 is 1.24. The van der Waals surface area contributed by atoms with Gasteiger partial charge in [-0.25, -0.2) is 0 Å². The highest BCUT2D eigenvalue weighted by Gasteiger charge is 2.12. The van der Waals surface area contributed by atoms with Gasteiger partial charge >= 0.3 is 0 Å². The molecule has 0 bridgehead atoms. The lowest BCUT2D eigenvalue weighted by atomic mass is 10.1. The van der Waals surface area contributed by atoms with Gasteiger partial charge in [0.1, 0.15) is 0 Å². The van der Waals surface area contributed by atoms with Gasteiger partial charge in [-0.15, -0.1) is 11.3 Å². The van der Waals surface area contributed by atoms with Crippen LogP contribution in [0.2, 0.25) is 5.02 Å². The maximum atomic E-state index is 5.94. The Kier molecular flexibility index (Phi) is 4.24. The molecule has 2 aromatic heterocycles. The van der Waals surface area contributed by atoms with E-state index in [9.17, 15) is 0 Å². The van der Waals surface area contributed by atoms with Crippen molar-refractivity contribution in [1.29, 1.82) is 0 Å². The lowest BCUT2D eigenvalue weighted by molar-refractivity contribution is 0.494. The van der Waals surface area contributed by atoms with Gasteiger partial charge in [0.25, 0.3) is 0 Å². The Morgan fingerprint density at radius 3 is 2.52 bits per heavy atom. The molecule has 3 aromatic rings. The Bertz CT molecular complexity index is 736. The first-order valence-electron chi connectivity index (χ1n) is 6.98. The fourth-order valence-corrected chi connectivity index (χ4v) is 3.33. The van der Waals surface area contributed by atoms with Crippen molar-refractivity contribution >= 4 is 33.2 Å². The molecule has 1 N–H and O–H groups in total. The zero-order valence-corrected chi connectivity index (χ0v) is 13.6. The van der Waals surface area contributed by atoms with Crippen LogP contribution in [-0.2, 0) is 0 Å². The number of benzene rings is 1. The fraction of sp³-hybridized carbons (Fsp3) is 0.235. The van der Waals surface area contributed by atoms with Crippen LogP contribution >= 0.6 is 22.9 Å². The van der Waals surface area contributed by atoms with Crippen LogP contribution in [0.25, 0.3) is 10.2 Å². The van der Waals surface area contributed by atoms with Crippen LogP contribution in [0.15, 0.2) is 48.0 Å². The largest absolute Gasteiger partial charge is 0.304 e. The molecule has 0 aliphatic heterocycles. The molecule has 0 radical (unpaired) electrons. The number of rotatable bonds is 4. The molecule has 108 valence electrons. The normalized spacial score (nSPS) is 14.2. The van der Waals surface area contributed by atoms with E-state index in [2.05, 4.69) is 53.8 Å². The summed E-state index contributed by atoms with van der Waals surface area (Å²) in [5.41, 5.74) is 3.52. The standard InChI is InChI=1S/C17H17ClN2S/c1-11(13-3-5-15(18)6-4-13)20-12(2)14-9-17-16(19-10-14)7-8-21-17/h3-12,20H,1-2H3. The second-order valence-corrected chi connectivity index (χ2v) is 6.62. The Morgan fingerprint density at radius 2 is 1.76 bits per heavy atom. The number of aromatic nitrogens is 1. The number of halogens is 1. The summed E-state index contributed by atoms with van der Waals surface area (Å²) in [6.45, 7) is 4.33. The van der Waals surface area contributed by atoms with E-state index >= 15 is 0 Å². The van der Waals surface area contributed by atoms with Crippen molar-refractivity contribution in [2.75, 3.05) is 0 Å². The van der Waals surface area contributed by atoms with Crippen LogP contribution in [0.4, 0.5) is 0 Å². The number of thiophene rings is 1. The van der Waals surface area contributed by atoms with Crippen LogP contribution in [0.5, 0.6) is 0 Å². The Morgan fingerprint density at radius 1 is 1.05 bits per heavy atom. The highest BCUT2D eigenvalue weighted by molar-refractivity contribution is 7.17. The first-order chi connectivity index (χ1) is 10.1. The van der Waals surface area contributed by atoms with Gasteiger partial charge in [0, 0.05) is 23.3 Å². The smallest absolute Gasteiger partial charge is 0.0809 e. The second-order valence-electron chi connectivity index (χ2n) is 5.23. The third kappa shape index (κ3) is 3.26. The molecule has 21 heavy (non-hydrogen) atoms. The van der Waals surface area contributed by atoms with Gasteiger partial charge in [-0.3, -0.25) is 4.98 Å². The third-order valence-corrected chi connectivity index (χ3v) is 4.80. The zero-order valence-electron chi connectivity index (χ0n) is 12.0. The molecule has 2 nitrogen and oxygen atoms in total. The van der Waals surface area contributed by atoms with E-state index in [0.29, 0.717) is 0 Å². The molecule has 0 fully saturated rings. The van der Waals surface area contributed by atoms with Gasteiger partial charge in [0.2, 0.25) is 0 Å². The van der Waals surface area contributed by atoms with Crippen molar-refractivity contribution in [3.63, 3.8) is 0 Å². The maximum Gasteiger partial charge on any atom is 0.0809 e. The Balaban J connectivity index is 1.75. The molecule has 0 spiro atoms. The molecule has 0 amide bonds. The van der Waals surface area contributed by atoms with Crippen molar-refractivity contribution in [3.8, 4) is 0 Å². The van der Waals surface area contributed by atoms with Gasteiger partial charge in [0.15, 0.2) is 0 Å². The predicted octanol–water partition coefficient (Wildman–Crippen LogP) is 5.36. The monoisotopic (exact) mass is 316 g/mol. The molecular weight excluding hydrogens is 300 g/mol. The summed E-state index contributed by atoms with van der Waals surface area (Å²) in [4.78, 5) is 4.51. The van der Waals surface area contributed by atoms with Crippen LogP contribution in [0.3, 0.4) is 0 Å². The first-order valence-corrected chi connectivity index (χ1v) is 8.24. The summed E-state index contributed by atoms with van der Waals surface area (Å²) in [6.07, 6.45) is 1.96. The quantitative estimate of drug-likeness (QED) is 0.700. The Labute approximate surface area is 133 Å². The van der Waals surface area contributed by atoms with Gasteiger partial charge in [0.05, 0.1) is 10.2 Å². The van der Waals surface area contributed by atoms with E-state index in [0.717, 1.165) is 10.5 Å². The topological polar surface area (TPSA) is 24.9 Å². The average molecular weight is 317 g/mol. The summed E-state index contributed by atoms with van der Waals surface area (Å²) in [5, 5.41) is 6.46. The molecule has 0 aliphatic carbocycles. The predicted molar refractivity (Wildman–Crippen MR) is 91.0 cm³/mol. The fourth-order valence-electron chi connectivity index (χ4n) is 2.42. The number of nitrogens with one attached hydrogen (secondary N) is 1. The minimum atomic E-state index is 0.245. The van der Waals surface area contributed by atoms with Gasteiger partial charge in [-0.1, -0.05) is 23.7 Å². The van der Waals surface area contributed by atoms with E-state index in [-0.39, 0.29) is 12.1 Å². The molecule has 2 unspecified atom stereocenters. The molecule has 0 saturated carbocycles. The molecule has 1 aromatic carbocycles. The SMILES string of the molecule is CC(NC(C)c1cnc2ccsc2c1)c1ccc(Cl)cc1. The molecular formula is C17H17ClN2S. The summed E-state index contributed by atoms with van der Waals surface area (Å²) in [6, 6.07) is 12.8. The van der Waals surface area contributed by atoms with Crippen molar-refractivity contribution in [2.24, 2.45) is 0 Å². The zero-order chi connectivity index (χ0) is 14.8. The lowest BCUT2D eigenvalue weighted by Crippen LogP contribution is -2.22. The highest BCUT2D eigenvalue weighted by Crippen LogP contribution is 2.25. The van der Waals surface area contributed by atoms with E-state index in [1.165, 1.54) is 15.8 Å². The number of pyridine rings is 1. The summed E-state index contributed by atoms with van der Waals surface area (Å²) >= 11 is 7.67. The number of fused-ring (bicyclic) bond motifs is 1. The van der Waals surface area contributed by atoms with Crippen LogP contribution in [0, 0.1) is 0 Å². The van der Waals surface area contributed by atoms with E-state index in [1.807, 2.05) is 18.3 Å². The van der Waals surface area contributed by atoms with Crippen molar-refractivity contribution in [2.45, 2.75) is 25.9 Å². The molecule has 0 aliphatic rings. The maximum absolute atomic E-state index is 5.94. The van der Waals surface area contributed by atoms with Crippen molar-refractivity contribution in [1.82, 2.24) is 10.3 Å². The molecule has 2 heterocycles. The lowest BCUT2D eigenvalue weighted by Gasteiger charge is -2.20. The first kappa shape index (κ1) is 14.5. The van der Waals surface area contributed by atoms with Crippen LogP contribution in [0.1, 0.15) is 37.1 Å². The van der Waals surface area contributed by atoms with Crippen molar-refractivity contribution in [3.05, 3.63) is 64.1 Å². The Hall–Kier alpha value is -1.42. The van der Waals surface area contributed by atoms with E-state index in [4.69, 9.17) is 11.6 Å². The van der Waals surface area contributed by atoms with Crippen LogP contribution < -0.4 is 5.32 Å². The minimum absolute atomic E-state index is 0.245. The molecule has 3 rings (SSSR count). The van der Waals surface area contributed by atoms with Gasteiger partial charge < -0.3 is 5.32 Å². The van der Waals surface area contributed by atoms with E-state index < -0.39 is 0 Å². The number of hydrogen-bond donors (Lipinski definition) is 1. The van der Waals surface area contributed by atoms with Gasteiger partial charge in [-0.2, -0.15) is 0 Å². The van der Waals surface area contributed by atoms with Crippen LogP contribution in [-0.4, -0.2) is 4.98 Å². The minimum Gasteiger partial charge on any atom is -0.304 e. The molecule has 2 atom stereocenters. The number of nitrogens with zero attached hydrogens (tertiary/aromatic N) is 1. The third-order valence-electron chi connectivity index (χ3n) is 3.69. The highest BCUT2D eigenvalue weighted by atomic mass is 35.5. The molecule has 0 saturated heterocycles. The number of hydrogen-bond acceptors (Lipinski definition) is 3. The molecule has 4 heteroatoms. The second kappa shape index (κ2) is 6.14. The van der Waals surface area contributed by atoms with Gasteiger partial charge in [-0.05, 0) is 54.6 Å². The van der Waals surface area contributed by atoms with Crippen molar-refractivity contribution < 1.29 is 0 Å². The summed E-state index contributed by atoms with van der Waals surface area (Å²) in [5.74, 6) is 0. The van der Waals surface area contributed by atoms with E-state index in [1.54, 1.807) is 11.3 Å². The average Bonchev–Trinajstić information content (AvgIpc) is 2.95. The summed E-state index contributed by atoms with van der Waals surface area (Å²) in [7, 11) is 0.